The summed E-state index contributed by atoms with van der Waals surface area (Å²) in [6, 6.07) is 9.21. The Morgan fingerprint density at radius 1 is 1.28 bits per heavy atom. The van der Waals surface area contributed by atoms with Crippen LogP contribution < -0.4 is 14.2 Å². The van der Waals surface area contributed by atoms with Gasteiger partial charge in [-0.25, -0.2) is 0 Å². The Balaban J connectivity index is 1.59. The van der Waals surface area contributed by atoms with Gasteiger partial charge in [-0.2, -0.15) is 0 Å². The van der Waals surface area contributed by atoms with Gasteiger partial charge in [-0.05, 0) is 41.1 Å². The van der Waals surface area contributed by atoms with E-state index in [1.54, 1.807) is 24.3 Å². The second-order valence-corrected chi connectivity index (χ2v) is 7.15. The fraction of sp³-hybridized carbons (Fsp3) is 0.158. The summed E-state index contributed by atoms with van der Waals surface area (Å²) in [5, 5.41) is 10.5. The molecule has 1 saturated heterocycles. The van der Waals surface area contributed by atoms with Gasteiger partial charge in [0, 0.05) is 12.1 Å². The number of thioether (sulfide) groups is 1. The summed E-state index contributed by atoms with van der Waals surface area (Å²) in [6.07, 6.45) is 1.57. The number of nitro groups is 1. The van der Waals surface area contributed by atoms with E-state index >= 15 is 0 Å². The number of non-ortho nitro benzene ring substituents is 1. The van der Waals surface area contributed by atoms with Gasteiger partial charge in [0.25, 0.3) is 16.8 Å². The monoisotopic (exact) mass is 414 g/mol. The molecule has 29 heavy (non-hydrogen) atoms. The van der Waals surface area contributed by atoms with Crippen molar-refractivity contribution in [2.24, 2.45) is 0 Å². The summed E-state index contributed by atoms with van der Waals surface area (Å²) in [5.41, 5.74) is 1.01. The van der Waals surface area contributed by atoms with Crippen molar-refractivity contribution < 1.29 is 28.7 Å². The topological polar surface area (TPSA) is 108 Å². The van der Waals surface area contributed by atoms with Gasteiger partial charge < -0.3 is 14.2 Å². The molecule has 0 bridgehead atoms. The Labute approximate surface area is 169 Å². The van der Waals surface area contributed by atoms with Gasteiger partial charge in [-0.15, -0.1) is 0 Å². The van der Waals surface area contributed by atoms with E-state index in [1.807, 2.05) is 0 Å². The number of fused-ring (bicyclic) bond motifs is 1. The minimum Gasteiger partial charge on any atom is -0.493 e. The SMILES string of the molecule is COc1cc(C=C2SC(=O)N(Cc3cccc([N+](=O)[O-])c3)C2=O)cc2c1OCO2. The van der Waals surface area contributed by atoms with Crippen molar-refractivity contribution >= 4 is 34.7 Å². The number of imide groups is 1. The van der Waals surface area contributed by atoms with Gasteiger partial charge in [0.15, 0.2) is 11.5 Å². The second kappa shape index (κ2) is 7.47. The van der Waals surface area contributed by atoms with Crippen molar-refractivity contribution in [3.05, 3.63) is 62.5 Å². The first kappa shape index (κ1) is 18.8. The standard InChI is InChI=1S/C19H14N2O7S/c1-26-14-6-12(7-15-17(14)28-10-27-15)8-16-18(22)20(19(23)29-16)9-11-3-2-4-13(5-11)21(24)25/h2-8H,9-10H2,1H3. The lowest BCUT2D eigenvalue weighted by molar-refractivity contribution is -0.384. The first-order valence-corrected chi connectivity index (χ1v) is 9.24. The average molecular weight is 414 g/mol. The molecule has 4 rings (SSSR count). The number of hydrogen-bond donors (Lipinski definition) is 0. The van der Waals surface area contributed by atoms with E-state index < -0.39 is 16.1 Å². The van der Waals surface area contributed by atoms with Crippen molar-refractivity contribution in [2.75, 3.05) is 13.9 Å². The van der Waals surface area contributed by atoms with E-state index in [9.17, 15) is 19.7 Å². The van der Waals surface area contributed by atoms with Crippen LogP contribution >= 0.6 is 11.8 Å². The molecule has 10 heteroatoms. The Hall–Kier alpha value is -3.53. The third-order valence-corrected chi connectivity index (χ3v) is 5.22. The molecule has 2 aromatic carbocycles. The minimum absolute atomic E-state index is 0.0475. The van der Waals surface area contributed by atoms with Crippen molar-refractivity contribution in [2.45, 2.75) is 6.54 Å². The van der Waals surface area contributed by atoms with Crippen LogP contribution in [-0.4, -0.2) is 34.9 Å². The number of rotatable bonds is 5. The molecular formula is C19H14N2O7S. The first-order valence-electron chi connectivity index (χ1n) is 8.42. The summed E-state index contributed by atoms with van der Waals surface area (Å²) in [4.78, 5) is 36.8. The normalized spacial score (nSPS) is 16.6. The summed E-state index contributed by atoms with van der Waals surface area (Å²) < 4.78 is 16.0. The van der Waals surface area contributed by atoms with E-state index in [1.165, 1.54) is 25.3 Å². The van der Waals surface area contributed by atoms with Gasteiger partial charge in [0.2, 0.25) is 12.5 Å². The second-order valence-electron chi connectivity index (χ2n) is 6.15. The molecule has 2 heterocycles. The summed E-state index contributed by atoms with van der Waals surface area (Å²) >= 11 is 0.805. The van der Waals surface area contributed by atoms with Crippen LogP contribution in [0.2, 0.25) is 0 Å². The number of amides is 2. The fourth-order valence-corrected chi connectivity index (χ4v) is 3.81. The molecule has 0 N–H and O–H groups in total. The van der Waals surface area contributed by atoms with Crippen molar-refractivity contribution in [3.63, 3.8) is 0 Å². The molecule has 0 aliphatic carbocycles. The van der Waals surface area contributed by atoms with Crippen LogP contribution in [0.4, 0.5) is 10.5 Å². The van der Waals surface area contributed by atoms with Crippen LogP contribution in [0.3, 0.4) is 0 Å². The van der Waals surface area contributed by atoms with Crippen LogP contribution in [-0.2, 0) is 11.3 Å². The number of nitrogens with zero attached hydrogens (tertiary/aromatic N) is 2. The molecule has 0 radical (unpaired) electrons. The molecule has 0 spiro atoms. The maximum atomic E-state index is 12.7. The predicted molar refractivity (Wildman–Crippen MR) is 104 cm³/mol. The zero-order valence-corrected chi connectivity index (χ0v) is 15.9. The molecule has 0 unspecified atom stereocenters. The molecule has 0 saturated carbocycles. The quantitative estimate of drug-likeness (QED) is 0.415. The predicted octanol–water partition coefficient (Wildman–Crippen LogP) is 3.57. The third-order valence-electron chi connectivity index (χ3n) is 4.31. The zero-order valence-electron chi connectivity index (χ0n) is 15.1. The number of carbonyl (C=O) groups excluding carboxylic acids is 2. The largest absolute Gasteiger partial charge is 0.493 e. The number of methoxy groups -OCH3 is 1. The summed E-state index contributed by atoms with van der Waals surface area (Å²) in [5.74, 6) is 0.972. The molecule has 9 nitrogen and oxygen atoms in total. The van der Waals surface area contributed by atoms with Crippen LogP contribution in [0.1, 0.15) is 11.1 Å². The number of carbonyl (C=O) groups is 2. The number of benzene rings is 2. The smallest absolute Gasteiger partial charge is 0.293 e. The summed E-state index contributed by atoms with van der Waals surface area (Å²) in [6.45, 7) is 0.0308. The van der Waals surface area contributed by atoms with E-state index in [0.29, 0.717) is 28.4 Å². The van der Waals surface area contributed by atoms with E-state index in [2.05, 4.69) is 0 Å². The minimum atomic E-state index is -0.524. The van der Waals surface area contributed by atoms with E-state index in [0.717, 1.165) is 16.7 Å². The van der Waals surface area contributed by atoms with Crippen molar-refractivity contribution in [3.8, 4) is 17.2 Å². The molecule has 0 atom stereocenters. The van der Waals surface area contributed by atoms with Crippen LogP contribution in [0.5, 0.6) is 17.2 Å². The van der Waals surface area contributed by atoms with E-state index in [-0.39, 0.29) is 23.9 Å². The molecule has 2 aliphatic rings. The molecular weight excluding hydrogens is 400 g/mol. The van der Waals surface area contributed by atoms with Crippen molar-refractivity contribution in [1.82, 2.24) is 4.90 Å². The molecule has 148 valence electrons. The number of nitro benzene ring substituents is 1. The Morgan fingerprint density at radius 2 is 2.10 bits per heavy atom. The Morgan fingerprint density at radius 3 is 2.86 bits per heavy atom. The van der Waals surface area contributed by atoms with Crippen molar-refractivity contribution in [1.29, 1.82) is 0 Å². The molecule has 1 fully saturated rings. The molecule has 2 amide bonds. The highest BCUT2D eigenvalue weighted by molar-refractivity contribution is 8.18. The zero-order chi connectivity index (χ0) is 20.5. The molecule has 2 aromatic rings. The Kier molecular flexibility index (Phi) is 4.85. The lowest BCUT2D eigenvalue weighted by Crippen LogP contribution is -2.27. The lowest BCUT2D eigenvalue weighted by atomic mass is 10.1. The lowest BCUT2D eigenvalue weighted by Gasteiger charge is -2.12. The van der Waals surface area contributed by atoms with Gasteiger partial charge in [0.05, 0.1) is 23.5 Å². The van der Waals surface area contributed by atoms with E-state index in [4.69, 9.17) is 14.2 Å². The Bertz CT molecular complexity index is 1070. The summed E-state index contributed by atoms with van der Waals surface area (Å²) in [7, 11) is 1.49. The number of hydrogen-bond acceptors (Lipinski definition) is 8. The highest BCUT2D eigenvalue weighted by Crippen LogP contribution is 2.43. The van der Waals surface area contributed by atoms with Crippen LogP contribution in [0.15, 0.2) is 41.3 Å². The van der Waals surface area contributed by atoms with Crippen LogP contribution in [0.25, 0.3) is 6.08 Å². The fourth-order valence-electron chi connectivity index (χ4n) is 2.97. The van der Waals surface area contributed by atoms with Gasteiger partial charge in [-0.3, -0.25) is 24.6 Å². The highest BCUT2D eigenvalue weighted by atomic mass is 32.2. The van der Waals surface area contributed by atoms with Gasteiger partial charge >= 0.3 is 0 Å². The maximum Gasteiger partial charge on any atom is 0.293 e. The first-order chi connectivity index (χ1) is 14.0. The maximum absolute atomic E-state index is 12.7. The molecule has 2 aliphatic heterocycles. The highest BCUT2D eigenvalue weighted by Gasteiger charge is 2.35. The van der Waals surface area contributed by atoms with Gasteiger partial charge in [0.1, 0.15) is 0 Å². The van der Waals surface area contributed by atoms with Crippen LogP contribution in [0, 0.1) is 10.1 Å². The molecule has 0 aromatic heterocycles. The average Bonchev–Trinajstić information content (AvgIpc) is 3.28. The van der Waals surface area contributed by atoms with Gasteiger partial charge in [-0.1, -0.05) is 12.1 Å². The third kappa shape index (κ3) is 3.61. The number of ether oxygens (including phenoxy) is 3.